The van der Waals surface area contributed by atoms with E-state index < -0.39 is 0 Å². The maximum atomic E-state index is 12.4. The number of nitrogens with one attached hydrogen (secondary N) is 1. The topological polar surface area (TPSA) is 55.1 Å². The van der Waals surface area contributed by atoms with Crippen LogP contribution in [0.2, 0.25) is 0 Å². The zero-order valence-electron chi connectivity index (χ0n) is 13.1. The Bertz CT molecular complexity index is 479. The van der Waals surface area contributed by atoms with Crippen molar-refractivity contribution in [2.45, 2.75) is 46.7 Å². The van der Waals surface area contributed by atoms with Crippen LogP contribution in [0.1, 0.15) is 46.2 Å². The molecule has 2 atom stereocenters. The molecule has 1 fully saturated rings. The minimum Gasteiger partial charge on any atom is -0.352 e. The molecule has 3 N–H and O–H groups in total. The zero-order chi connectivity index (χ0) is 15.1. The number of hydrogen-bond acceptors (Lipinski definition) is 2. The van der Waals surface area contributed by atoms with E-state index in [-0.39, 0.29) is 34.7 Å². The predicted octanol–water partition coefficient (Wildman–Crippen LogP) is 2.87. The van der Waals surface area contributed by atoms with Crippen LogP contribution in [0.5, 0.6) is 0 Å². The van der Waals surface area contributed by atoms with Gasteiger partial charge in [0.1, 0.15) is 0 Å². The third-order valence-corrected chi connectivity index (χ3v) is 5.44. The summed E-state index contributed by atoms with van der Waals surface area (Å²) in [7, 11) is 0. The number of rotatable bonds is 4. The Morgan fingerprint density at radius 1 is 1.15 bits per heavy atom. The van der Waals surface area contributed by atoms with Crippen LogP contribution >= 0.6 is 0 Å². The molecule has 2 rings (SSSR count). The molecule has 0 spiro atoms. The first-order valence-corrected chi connectivity index (χ1v) is 7.30. The number of carbonyl (C=O) groups excluding carboxylic acids is 1. The highest BCUT2D eigenvalue weighted by Crippen LogP contribution is 2.62. The first-order chi connectivity index (χ1) is 9.19. The quantitative estimate of drug-likeness (QED) is 0.887. The van der Waals surface area contributed by atoms with Crippen LogP contribution in [0.3, 0.4) is 0 Å². The fraction of sp³-hybridized carbons (Fsp3) is 0.588. The summed E-state index contributed by atoms with van der Waals surface area (Å²) < 4.78 is 0. The molecule has 1 aromatic carbocycles. The van der Waals surface area contributed by atoms with Gasteiger partial charge < -0.3 is 11.1 Å². The molecule has 0 aliphatic heterocycles. The second-order valence-corrected chi connectivity index (χ2v) is 7.11. The van der Waals surface area contributed by atoms with E-state index in [1.54, 1.807) is 0 Å². The van der Waals surface area contributed by atoms with Gasteiger partial charge in [-0.25, -0.2) is 0 Å². The fourth-order valence-electron chi connectivity index (χ4n) is 2.96. The Labute approximate surface area is 121 Å². The Morgan fingerprint density at radius 3 is 2.10 bits per heavy atom. The van der Waals surface area contributed by atoms with E-state index in [1.807, 2.05) is 37.3 Å². The first-order valence-electron chi connectivity index (χ1n) is 7.30. The van der Waals surface area contributed by atoms with E-state index in [9.17, 15) is 4.79 Å². The van der Waals surface area contributed by atoms with Gasteiger partial charge in [-0.15, -0.1) is 0 Å². The fourth-order valence-corrected chi connectivity index (χ4v) is 2.96. The summed E-state index contributed by atoms with van der Waals surface area (Å²) in [5, 5.41) is 3.17. The maximum Gasteiger partial charge on any atom is 0.225 e. The summed E-state index contributed by atoms with van der Waals surface area (Å²) in [6, 6.07) is 9.77. The van der Waals surface area contributed by atoms with Crippen molar-refractivity contribution in [3.63, 3.8) is 0 Å². The van der Waals surface area contributed by atoms with Gasteiger partial charge in [0, 0.05) is 12.1 Å². The lowest BCUT2D eigenvalue weighted by molar-refractivity contribution is -0.125. The van der Waals surface area contributed by atoms with E-state index in [4.69, 9.17) is 5.73 Å². The molecule has 0 aromatic heterocycles. The van der Waals surface area contributed by atoms with Crippen LogP contribution in [-0.2, 0) is 4.79 Å². The monoisotopic (exact) mass is 274 g/mol. The summed E-state index contributed by atoms with van der Waals surface area (Å²) in [5.41, 5.74) is 7.52. The highest BCUT2D eigenvalue weighted by atomic mass is 16.2. The Kier molecular flexibility index (Phi) is 3.67. The minimum absolute atomic E-state index is 0.0463. The second kappa shape index (κ2) is 4.88. The number of amides is 1. The molecule has 2 unspecified atom stereocenters. The Hall–Kier alpha value is -1.35. The molecule has 3 nitrogen and oxygen atoms in total. The van der Waals surface area contributed by atoms with Crippen molar-refractivity contribution in [3.05, 3.63) is 35.9 Å². The van der Waals surface area contributed by atoms with Crippen LogP contribution < -0.4 is 11.1 Å². The summed E-state index contributed by atoms with van der Waals surface area (Å²) in [6.07, 6.45) is 0. The van der Waals surface area contributed by atoms with Crippen molar-refractivity contribution in [1.82, 2.24) is 5.32 Å². The summed E-state index contributed by atoms with van der Waals surface area (Å²) >= 11 is 0. The van der Waals surface area contributed by atoms with Crippen LogP contribution in [0.4, 0.5) is 0 Å². The molecule has 1 aromatic rings. The molecule has 3 heteroatoms. The maximum absolute atomic E-state index is 12.4. The molecule has 0 saturated heterocycles. The van der Waals surface area contributed by atoms with Crippen molar-refractivity contribution in [1.29, 1.82) is 0 Å². The van der Waals surface area contributed by atoms with Gasteiger partial charge in [0.05, 0.1) is 5.92 Å². The van der Waals surface area contributed by atoms with Crippen molar-refractivity contribution in [2.24, 2.45) is 22.5 Å². The average molecular weight is 274 g/mol. The van der Waals surface area contributed by atoms with Crippen LogP contribution in [0.15, 0.2) is 30.3 Å². The standard InChI is InChI=1S/C17H26N2O/c1-11(13(18)12-9-7-6-8-10-12)14(20)19-15-16(2,3)17(15,4)5/h6-11,13,15H,18H2,1-5H3,(H,19,20). The van der Waals surface area contributed by atoms with E-state index >= 15 is 0 Å². The SMILES string of the molecule is CC(C(=O)NC1C(C)(C)C1(C)C)C(N)c1ccccc1. The lowest BCUT2D eigenvalue weighted by Gasteiger charge is -2.20. The predicted molar refractivity (Wildman–Crippen MR) is 82.0 cm³/mol. The number of benzene rings is 1. The zero-order valence-corrected chi connectivity index (χ0v) is 13.1. The number of carbonyl (C=O) groups is 1. The van der Waals surface area contributed by atoms with Gasteiger partial charge in [-0.1, -0.05) is 65.0 Å². The largest absolute Gasteiger partial charge is 0.352 e. The molecule has 1 aliphatic carbocycles. The van der Waals surface area contributed by atoms with E-state index in [1.165, 1.54) is 0 Å². The van der Waals surface area contributed by atoms with Gasteiger partial charge in [-0.2, -0.15) is 0 Å². The van der Waals surface area contributed by atoms with Crippen molar-refractivity contribution < 1.29 is 4.79 Å². The summed E-state index contributed by atoms with van der Waals surface area (Å²) in [6.45, 7) is 10.7. The average Bonchev–Trinajstić information content (AvgIpc) is 2.80. The third-order valence-electron chi connectivity index (χ3n) is 5.44. The Balaban J connectivity index is 2.00. The van der Waals surface area contributed by atoms with E-state index in [2.05, 4.69) is 33.0 Å². The molecular weight excluding hydrogens is 248 g/mol. The minimum atomic E-state index is -0.263. The highest BCUT2D eigenvalue weighted by molar-refractivity contribution is 5.80. The lowest BCUT2D eigenvalue weighted by Crippen LogP contribution is -2.38. The van der Waals surface area contributed by atoms with Crippen LogP contribution in [0.25, 0.3) is 0 Å². The smallest absolute Gasteiger partial charge is 0.225 e. The Morgan fingerprint density at radius 2 is 1.65 bits per heavy atom. The van der Waals surface area contributed by atoms with Gasteiger partial charge in [0.15, 0.2) is 0 Å². The molecule has 1 aliphatic rings. The lowest BCUT2D eigenvalue weighted by atomic mass is 9.94. The molecule has 110 valence electrons. The van der Waals surface area contributed by atoms with Crippen LogP contribution in [0, 0.1) is 16.7 Å². The third kappa shape index (κ3) is 2.35. The van der Waals surface area contributed by atoms with E-state index in [0.717, 1.165) is 5.56 Å². The molecular formula is C17H26N2O. The second-order valence-electron chi connectivity index (χ2n) is 7.11. The summed E-state index contributed by atoms with van der Waals surface area (Å²) in [4.78, 5) is 12.4. The van der Waals surface area contributed by atoms with Gasteiger partial charge >= 0.3 is 0 Å². The highest BCUT2D eigenvalue weighted by Gasteiger charge is 2.65. The van der Waals surface area contributed by atoms with Crippen molar-refractivity contribution >= 4 is 5.91 Å². The molecule has 0 heterocycles. The molecule has 1 saturated carbocycles. The van der Waals surface area contributed by atoms with Crippen LogP contribution in [-0.4, -0.2) is 11.9 Å². The molecule has 1 amide bonds. The first kappa shape index (κ1) is 15.0. The van der Waals surface area contributed by atoms with Gasteiger partial charge in [-0.05, 0) is 16.4 Å². The van der Waals surface area contributed by atoms with E-state index in [0.29, 0.717) is 0 Å². The summed E-state index contributed by atoms with van der Waals surface area (Å²) in [5.74, 6) is -0.186. The molecule has 0 radical (unpaired) electrons. The van der Waals surface area contributed by atoms with Gasteiger partial charge in [0.25, 0.3) is 0 Å². The van der Waals surface area contributed by atoms with Gasteiger partial charge in [-0.3, -0.25) is 4.79 Å². The number of nitrogens with two attached hydrogens (primary N) is 1. The normalized spacial score (nSPS) is 22.9. The number of hydrogen-bond donors (Lipinski definition) is 2. The molecule has 0 bridgehead atoms. The van der Waals surface area contributed by atoms with Gasteiger partial charge in [0.2, 0.25) is 5.91 Å². The van der Waals surface area contributed by atoms with Crippen molar-refractivity contribution in [2.75, 3.05) is 0 Å². The molecule has 20 heavy (non-hydrogen) atoms. The van der Waals surface area contributed by atoms with Crippen molar-refractivity contribution in [3.8, 4) is 0 Å².